The van der Waals surface area contributed by atoms with E-state index in [4.69, 9.17) is 44.1 Å². The van der Waals surface area contributed by atoms with Gasteiger partial charge in [0.05, 0.1) is 23.1 Å². The van der Waals surface area contributed by atoms with Gasteiger partial charge in [0.2, 0.25) is 10.6 Å². The zero-order valence-electron chi connectivity index (χ0n) is 27.6. The highest BCUT2D eigenvalue weighted by atomic mass is 35.5. The third-order valence-electron chi connectivity index (χ3n) is 7.55. The maximum Gasteiger partial charge on any atom is 0.498 e. The van der Waals surface area contributed by atoms with Crippen LogP contribution in [0, 0.1) is 13.8 Å². The lowest BCUT2D eigenvalue weighted by Gasteiger charge is -2.32. The number of rotatable bonds is 4. The Hall–Kier alpha value is -2.57. The van der Waals surface area contributed by atoms with Crippen LogP contribution in [0.1, 0.15) is 89.7 Å². The Morgan fingerprint density at radius 2 is 1.18 bits per heavy atom. The molecule has 1 aliphatic rings. The van der Waals surface area contributed by atoms with Crippen molar-refractivity contribution < 1.29 is 9.31 Å². The predicted molar refractivity (Wildman–Crippen MR) is 178 cm³/mol. The molecule has 238 valence electrons. The summed E-state index contributed by atoms with van der Waals surface area (Å²) in [7, 11) is 3.46. The lowest BCUT2D eigenvalue weighted by Crippen LogP contribution is -2.41. The second kappa shape index (κ2) is 14.2. The lowest BCUT2D eigenvalue weighted by molar-refractivity contribution is 0.00578. The summed E-state index contributed by atoms with van der Waals surface area (Å²) in [5, 5.41) is 9.23. The van der Waals surface area contributed by atoms with Gasteiger partial charge in [-0.3, -0.25) is 9.36 Å². The van der Waals surface area contributed by atoms with Gasteiger partial charge < -0.3 is 9.31 Å². The molecule has 14 heteroatoms. The van der Waals surface area contributed by atoms with E-state index < -0.39 is 0 Å². The molecular weight excluding hydrogens is 622 g/mol. The van der Waals surface area contributed by atoms with E-state index in [1.165, 1.54) is 0 Å². The molecule has 0 atom stereocenters. The summed E-state index contributed by atoms with van der Waals surface area (Å²) in [6.07, 6.45) is 7.43. The molecule has 1 aliphatic heterocycles. The first-order valence-corrected chi connectivity index (χ1v) is 15.5. The van der Waals surface area contributed by atoms with Gasteiger partial charge in [-0.05, 0) is 76.6 Å². The first-order chi connectivity index (χ1) is 20.3. The summed E-state index contributed by atoms with van der Waals surface area (Å²) < 4.78 is 15.3. The smallest absolute Gasteiger partial charge is 0.399 e. The summed E-state index contributed by atoms with van der Waals surface area (Å²) >= 11 is 17.4. The van der Waals surface area contributed by atoms with Gasteiger partial charge >= 0.3 is 7.12 Å². The Morgan fingerprint density at radius 3 is 1.61 bits per heavy atom. The third kappa shape index (κ3) is 8.57. The summed E-state index contributed by atoms with van der Waals surface area (Å²) in [5.74, 6) is 0.678. The predicted octanol–water partition coefficient (Wildman–Crippen LogP) is 6.90. The van der Waals surface area contributed by atoms with Crippen LogP contribution in [0.25, 0.3) is 11.3 Å². The van der Waals surface area contributed by atoms with E-state index >= 15 is 0 Å². The molecule has 0 bridgehead atoms. The number of nitrogens with zero attached hydrogens (tertiary/aromatic N) is 8. The molecule has 0 aliphatic carbocycles. The van der Waals surface area contributed by atoms with Crippen molar-refractivity contribution in [3.63, 3.8) is 0 Å². The minimum absolute atomic E-state index is 0.210. The molecule has 10 nitrogen and oxygen atoms in total. The van der Waals surface area contributed by atoms with Gasteiger partial charge in [-0.15, -0.1) is 0 Å². The molecule has 44 heavy (non-hydrogen) atoms. The molecule has 0 N–H and O–H groups in total. The summed E-state index contributed by atoms with van der Waals surface area (Å²) in [6, 6.07) is 0. The Labute approximate surface area is 276 Å². The molecule has 4 aromatic heterocycles. The molecule has 0 unspecified atom stereocenters. The molecule has 1 saturated heterocycles. The molecule has 0 aromatic carbocycles. The van der Waals surface area contributed by atoms with Gasteiger partial charge in [0.15, 0.2) is 0 Å². The van der Waals surface area contributed by atoms with Crippen LogP contribution >= 0.6 is 34.8 Å². The molecule has 4 aromatic rings. The fourth-order valence-electron chi connectivity index (χ4n) is 4.71. The fourth-order valence-corrected chi connectivity index (χ4v) is 5.61. The second-order valence-corrected chi connectivity index (χ2v) is 13.4. The van der Waals surface area contributed by atoms with Crippen LogP contribution in [0.3, 0.4) is 0 Å². The highest BCUT2D eigenvalue weighted by Gasteiger charge is 2.52. The van der Waals surface area contributed by atoms with Crippen molar-refractivity contribution in [2.45, 2.75) is 92.3 Å². The van der Waals surface area contributed by atoms with Crippen LogP contribution in [0.4, 0.5) is 0 Å². The van der Waals surface area contributed by atoms with Crippen molar-refractivity contribution in [2.24, 2.45) is 14.1 Å². The molecule has 0 radical (unpaired) electrons. The van der Waals surface area contributed by atoms with E-state index in [2.05, 4.69) is 44.0 Å². The topological polar surface area (TPSA) is 106 Å². The fraction of sp³-hybridized carbons (Fsp3) is 0.533. The quantitative estimate of drug-likeness (QED) is 0.132. The Morgan fingerprint density at radius 1 is 0.705 bits per heavy atom. The summed E-state index contributed by atoms with van der Waals surface area (Å²) in [5.41, 5.74) is 6.14. The van der Waals surface area contributed by atoms with Crippen molar-refractivity contribution in [3.05, 3.63) is 63.0 Å². The van der Waals surface area contributed by atoms with Gasteiger partial charge in [0.25, 0.3) is 0 Å². The van der Waals surface area contributed by atoms with Gasteiger partial charge in [-0.25, -0.2) is 19.9 Å². The monoisotopic (exact) mass is 662 g/mol. The van der Waals surface area contributed by atoms with Crippen molar-refractivity contribution in [2.75, 3.05) is 0 Å². The van der Waals surface area contributed by atoms with Gasteiger partial charge in [-0.1, -0.05) is 39.3 Å². The third-order valence-corrected chi connectivity index (χ3v) is 8.18. The standard InChI is InChI=1S/C12H15ClN4.C10H17BN2O2.C8H10Cl2N2/c1-7(2)10-8(3)15-12(13)16-11(10)9-5-14-17(4)6-9;1-9(2)10(3,4)15-11(14-9)8-6-12-13(5)7-8;1-4(2)6-5(3)11-8(10)12-7(6)9/h5-7H,1-4H3;6-7H,1-5H3;4H,1-3H3. The highest BCUT2D eigenvalue weighted by molar-refractivity contribution is 6.62. The summed E-state index contributed by atoms with van der Waals surface area (Å²) in [6.45, 7) is 20.4. The highest BCUT2D eigenvalue weighted by Crippen LogP contribution is 2.36. The second-order valence-electron chi connectivity index (χ2n) is 12.4. The van der Waals surface area contributed by atoms with Crippen LogP contribution in [-0.4, -0.2) is 57.8 Å². The number of hydrogen-bond donors (Lipinski definition) is 0. The maximum absolute atomic E-state index is 5.93. The number of hydrogen-bond acceptors (Lipinski definition) is 8. The molecule has 5 heterocycles. The van der Waals surface area contributed by atoms with Crippen LogP contribution in [0.5, 0.6) is 0 Å². The Kier molecular flexibility index (Phi) is 11.6. The largest absolute Gasteiger partial charge is 0.498 e. The molecule has 0 spiro atoms. The molecule has 5 rings (SSSR count). The van der Waals surface area contributed by atoms with Crippen LogP contribution < -0.4 is 5.46 Å². The first-order valence-electron chi connectivity index (χ1n) is 14.4. The molecule has 1 fully saturated rings. The molecule has 0 amide bonds. The zero-order valence-corrected chi connectivity index (χ0v) is 29.8. The lowest BCUT2D eigenvalue weighted by atomic mass is 9.82. The van der Waals surface area contributed by atoms with Gasteiger partial charge in [-0.2, -0.15) is 10.2 Å². The van der Waals surface area contributed by atoms with Crippen LogP contribution in [-0.2, 0) is 23.4 Å². The maximum atomic E-state index is 5.93. The number of aromatic nitrogens is 8. The van der Waals surface area contributed by atoms with E-state index in [9.17, 15) is 0 Å². The minimum Gasteiger partial charge on any atom is -0.399 e. The van der Waals surface area contributed by atoms with E-state index in [0.717, 1.165) is 39.2 Å². The minimum atomic E-state index is -0.302. The molecular formula is C30H42BCl3N8O2. The molecule has 0 saturated carbocycles. The van der Waals surface area contributed by atoms with Gasteiger partial charge in [0.1, 0.15) is 5.15 Å². The average molecular weight is 664 g/mol. The van der Waals surface area contributed by atoms with E-state index in [0.29, 0.717) is 17.0 Å². The van der Waals surface area contributed by atoms with Crippen molar-refractivity contribution in [1.29, 1.82) is 0 Å². The van der Waals surface area contributed by atoms with Crippen LogP contribution in [0.15, 0.2) is 24.8 Å². The summed E-state index contributed by atoms with van der Waals surface area (Å²) in [4.78, 5) is 16.5. The van der Waals surface area contributed by atoms with Gasteiger partial charge in [0, 0.05) is 66.2 Å². The first kappa shape index (κ1) is 35.9. The number of halogens is 3. The Bertz CT molecular complexity index is 1550. The van der Waals surface area contributed by atoms with E-state index in [1.54, 1.807) is 21.8 Å². The normalized spacial score (nSPS) is 15.2. The number of aryl methyl sites for hydroxylation is 4. The van der Waals surface area contributed by atoms with Crippen molar-refractivity contribution >= 4 is 47.4 Å². The van der Waals surface area contributed by atoms with E-state index in [-0.39, 0.29) is 28.9 Å². The Balaban J connectivity index is 0.000000183. The zero-order chi connectivity index (χ0) is 33.1. The SMILES string of the molecule is Cc1nc(Cl)nc(-c2cnn(C)c2)c1C(C)C.Cc1nc(Cl)nc(Cl)c1C(C)C.Cn1cc(B2OC(C)(C)C(C)(C)O2)cn1. The van der Waals surface area contributed by atoms with E-state index in [1.807, 2.05) is 81.9 Å². The van der Waals surface area contributed by atoms with Crippen molar-refractivity contribution in [3.8, 4) is 11.3 Å². The van der Waals surface area contributed by atoms with Crippen molar-refractivity contribution in [1.82, 2.24) is 39.5 Å². The average Bonchev–Trinajstić information content (AvgIpc) is 3.55. The van der Waals surface area contributed by atoms with Crippen LogP contribution in [0.2, 0.25) is 15.7 Å².